The van der Waals surface area contributed by atoms with E-state index in [1.165, 1.54) is 186 Å². The third kappa shape index (κ3) is 64.9. The predicted molar refractivity (Wildman–Crippen MR) is 348 cm³/mol. The molecule has 0 aliphatic carbocycles. The molecule has 0 heterocycles. The zero-order chi connectivity index (χ0) is 57.8. The summed E-state index contributed by atoms with van der Waals surface area (Å²) in [6.07, 6.45) is 92.6. The van der Waals surface area contributed by atoms with Crippen LogP contribution in [0.4, 0.5) is 0 Å². The van der Waals surface area contributed by atoms with Gasteiger partial charge in [-0.25, -0.2) is 0 Å². The van der Waals surface area contributed by atoms with Crippen LogP contribution in [0.1, 0.15) is 323 Å². The lowest BCUT2D eigenvalue weighted by molar-refractivity contribution is -0.166. The molecule has 458 valence electrons. The van der Waals surface area contributed by atoms with E-state index < -0.39 is 12.1 Å². The van der Waals surface area contributed by atoms with Crippen molar-refractivity contribution in [2.45, 2.75) is 329 Å². The second-order valence-electron chi connectivity index (χ2n) is 22.4. The number of hydrogen-bond acceptors (Lipinski definition) is 6. The van der Waals surface area contributed by atoms with Crippen molar-refractivity contribution < 1.29 is 28.6 Å². The number of carbonyl (C=O) groups is 3. The standard InChI is InChI=1S/C74H126O6/c1-4-7-10-13-16-19-22-25-28-31-34-35-36-37-38-39-41-43-46-49-52-55-58-61-64-67-73(76)79-70-71(69-78-72(75)66-63-60-57-54-51-48-45-42-33-30-27-24-21-18-15-12-9-6-3)80-74(77)68-65-62-59-56-53-50-47-44-40-32-29-26-23-20-17-14-11-8-5-2/h8,11,17,20,22,25-26,29,31,34,36-37,40,44,50,53,59,62,71H,4-7,9-10,12-16,18-19,21,23-24,27-28,30,32-33,35,38-39,41-43,45-49,51-52,54-58,60-61,63-70H2,1-3H3/b11-8-,20-17-,25-22-,29-26-,34-31-,37-36-,44-40-,53-50-,62-59-. The molecule has 0 spiro atoms. The predicted octanol–water partition coefficient (Wildman–Crippen LogP) is 23.4. The summed E-state index contributed by atoms with van der Waals surface area (Å²) >= 11 is 0. The van der Waals surface area contributed by atoms with Gasteiger partial charge in [-0.1, -0.05) is 316 Å². The highest BCUT2D eigenvalue weighted by atomic mass is 16.6. The van der Waals surface area contributed by atoms with E-state index in [1.807, 2.05) is 6.08 Å². The van der Waals surface area contributed by atoms with Crippen LogP contribution < -0.4 is 0 Å². The summed E-state index contributed by atoms with van der Waals surface area (Å²) in [4.78, 5) is 38.4. The Balaban J connectivity index is 4.44. The van der Waals surface area contributed by atoms with Gasteiger partial charge in [-0.3, -0.25) is 14.4 Å². The number of esters is 3. The van der Waals surface area contributed by atoms with Crippen molar-refractivity contribution in [1.29, 1.82) is 0 Å². The Morgan fingerprint density at radius 1 is 0.263 bits per heavy atom. The first-order valence-electron chi connectivity index (χ1n) is 33.9. The van der Waals surface area contributed by atoms with Crippen LogP contribution in [0.3, 0.4) is 0 Å². The van der Waals surface area contributed by atoms with Crippen LogP contribution in [0.15, 0.2) is 109 Å². The molecule has 0 aliphatic rings. The van der Waals surface area contributed by atoms with Crippen LogP contribution in [0, 0.1) is 0 Å². The van der Waals surface area contributed by atoms with E-state index in [9.17, 15) is 14.4 Å². The number of ether oxygens (including phenoxy) is 3. The van der Waals surface area contributed by atoms with Crippen LogP contribution in [-0.4, -0.2) is 37.2 Å². The summed E-state index contributed by atoms with van der Waals surface area (Å²) in [6, 6.07) is 0. The molecule has 80 heavy (non-hydrogen) atoms. The van der Waals surface area contributed by atoms with E-state index in [2.05, 4.69) is 124 Å². The summed E-state index contributed by atoms with van der Waals surface area (Å²) < 4.78 is 16.9. The monoisotopic (exact) mass is 1110 g/mol. The quantitative estimate of drug-likeness (QED) is 0.0261. The molecule has 1 unspecified atom stereocenters. The fraction of sp³-hybridized carbons (Fsp3) is 0.716. The molecule has 0 fully saturated rings. The Labute approximate surface area is 495 Å². The topological polar surface area (TPSA) is 78.9 Å². The largest absolute Gasteiger partial charge is 0.462 e. The van der Waals surface area contributed by atoms with Gasteiger partial charge in [0.05, 0.1) is 0 Å². The molecule has 6 heteroatoms. The van der Waals surface area contributed by atoms with Crippen molar-refractivity contribution in [3.63, 3.8) is 0 Å². The average molecular weight is 1110 g/mol. The third-order valence-corrected chi connectivity index (χ3v) is 14.5. The third-order valence-electron chi connectivity index (χ3n) is 14.5. The van der Waals surface area contributed by atoms with Crippen molar-refractivity contribution in [3.05, 3.63) is 109 Å². The van der Waals surface area contributed by atoms with Crippen molar-refractivity contribution in [2.24, 2.45) is 0 Å². The number of carbonyl (C=O) groups excluding carboxylic acids is 3. The van der Waals surface area contributed by atoms with Crippen LogP contribution in [0.25, 0.3) is 0 Å². The minimum absolute atomic E-state index is 0.108. The number of allylic oxidation sites excluding steroid dienone is 18. The van der Waals surface area contributed by atoms with Gasteiger partial charge in [0.2, 0.25) is 0 Å². The van der Waals surface area contributed by atoms with E-state index in [0.717, 1.165) is 89.9 Å². The fourth-order valence-corrected chi connectivity index (χ4v) is 9.48. The molecule has 0 aromatic carbocycles. The lowest BCUT2D eigenvalue weighted by Gasteiger charge is -2.18. The van der Waals surface area contributed by atoms with Crippen LogP contribution in [-0.2, 0) is 28.6 Å². The molecule has 0 bridgehead atoms. The smallest absolute Gasteiger partial charge is 0.306 e. The Kier molecular flexibility index (Phi) is 64.3. The van der Waals surface area contributed by atoms with E-state index in [0.29, 0.717) is 19.3 Å². The highest BCUT2D eigenvalue weighted by molar-refractivity contribution is 5.71. The zero-order valence-electron chi connectivity index (χ0n) is 52.6. The SMILES string of the molecule is CC/C=C\C/C=C\C/C=C\C/C=C\C/C=C\C/C=C\CCC(=O)OC(COC(=O)CCCCCCCCCCCC/C=C\C/C=C\C/C=C\CCCCCCC)COC(=O)CCCCCCCCCCCCCCCCCCCC. The lowest BCUT2D eigenvalue weighted by atomic mass is 10.0. The molecule has 0 aliphatic heterocycles. The van der Waals surface area contributed by atoms with E-state index >= 15 is 0 Å². The highest BCUT2D eigenvalue weighted by Gasteiger charge is 2.19. The lowest BCUT2D eigenvalue weighted by Crippen LogP contribution is -2.30. The molecule has 0 rings (SSSR count). The Hall–Kier alpha value is -3.93. The summed E-state index contributed by atoms with van der Waals surface area (Å²) in [6.45, 7) is 6.49. The molecule has 6 nitrogen and oxygen atoms in total. The average Bonchev–Trinajstić information content (AvgIpc) is 3.46. The molecule has 1 atom stereocenters. The van der Waals surface area contributed by atoms with Gasteiger partial charge in [-0.15, -0.1) is 0 Å². The van der Waals surface area contributed by atoms with E-state index in [-0.39, 0.29) is 31.6 Å². The van der Waals surface area contributed by atoms with Gasteiger partial charge in [0.25, 0.3) is 0 Å². The molecule has 0 amide bonds. The summed E-state index contributed by atoms with van der Waals surface area (Å²) in [7, 11) is 0. The van der Waals surface area contributed by atoms with Crippen LogP contribution in [0.2, 0.25) is 0 Å². The minimum Gasteiger partial charge on any atom is -0.462 e. The second kappa shape index (κ2) is 67.6. The van der Waals surface area contributed by atoms with Crippen molar-refractivity contribution in [3.8, 4) is 0 Å². The maximum absolute atomic E-state index is 12.9. The second-order valence-corrected chi connectivity index (χ2v) is 22.4. The summed E-state index contributed by atoms with van der Waals surface area (Å²) in [5.74, 6) is -0.984. The maximum atomic E-state index is 12.9. The molecule has 0 saturated heterocycles. The fourth-order valence-electron chi connectivity index (χ4n) is 9.48. The van der Waals surface area contributed by atoms with E-state index in [4.69, 9.17) is 14.2 Å². The number of unbranched alkanes of at least 4 members (excludes halogenated alkanes) is 32. The van der Waals surface area contributed by atoms with Gasteiger partial charge in [0, 0.05) is 19.3 Å². The first-order chi connectivity index (χ1) is 39.5. The zero-order valence-corrected chi connectivity index (χ0v) is 52.6. The maximum Gasteiger partial charge on any atom is 0.306 e. The Bertz CT molecular complexity index is 1610. The number of hydrogen-bond donors (Lipinski definition) is 0. The molecular weight excluding hydrogens is 985 g/mol. The first-order valence-corrected chi connectivity index (χ1v) is 33.9. The van der Waals surface area contributed by atoms with Crippen molar-refractivity contribution >= 4 is 17.9 Å². The van der Waals surface area contributed by atoms with Gasteiger partial charge in [-0.05, 0) is 96.3 Å². The van der Waals surface area contributed by atoms with Crippen molar-refractivity contribution in [2.75, 3.05) is 13.2 Å². The molecule has 0 N–H and O–H groups in total. The van der Waals surface area contributed by atoms with Crippen LogP contribution >= 0.6 is 0 Å². The van der Waals surface area contributed by atoms with Gasteiger partial charge >= 0.3 is 17.9 Å². The molecule has 0 saturated carbocycles. The van der Waals surface area contributed by atoms with Gasteiger partial charge in [-0.2, -0.15) is 0 Å². The van der Waals surface area contributed by atoms with Crippen LogP contribution in [0.5, 0.6) is 0 Å². The highest BCUT2D eigenvalue weighted by Crippen LogP contribution is 2.17. The Morgan fingerprint density at radius 2 is 0.512 bits per heavy atom. The summed E-state index contributed by atoms with van der Waals surface area (Å²) in [5, 5.41) is 0. The van der Waals surface area contributed by atoms with E-state index in [1.54, 1.807) is 0 Å². The molecule has 0 radical (unpaired) electrons. The van der Waals surface area contributed by atoms with Gasteiger partial charge in [0.15, 0.2) is 6.10 Å². The normalized spacial score (nSPS) is 12.8. The van der Waals surface area contributed by atoms with Crippen molar-refractivity contribution in [1.82, 2.24) is 0 Å². The van der Waals surface area contributed by atoms with Gasteiger partial charge < -0.3 is 14.2 Å². The molecular formula is C74H126O6. The Morgan fingerprint density at radius 3 is 0.812 bits per heavy atom. The molecule has 0 aromatic heterocycles. The van der Waals surface area contributed by atoms with Gasteiger partial charge in [0.1, 0.15) is 13.2 Å². The number of rotatable bonds is 61. The first kappa shape index (κ1) is 76.1. The molecule has 0 aromatic rings. The summed E-state index contributed by atoms with van der Waals surface area (Å²) in [5.41, 5.74) is 0. The minimum atomic E-state index is -0.822.